The number of aromatic nitrogens is 1. The van der Waals surface area contributed by atoms with Crippen molar-refractivity contribution < 1.29 is 8.83 Å². The molecule has 6 aromatic carbocycles. The standard InChI is InChI=1S/C34H19NO2/c1-2-8-22-20(7-1)13-15-32-34(22)27-18-25-23-9-3-5-11-28(23)35(29(25)19-33(27)37-32)21-14-16-31-26(17-21)24-10-4-6-12-30(24)36-31/h1-19H. The molecule has 0 saturated heterocycles. The predicted molar refractivity (Wildman–Crippen MR) is 153 cm³/mol. The van der Waals surface area contributed by atoms with E-state index in [-0.39, 0.29) is 0 Å². The number of para-hydroxylation sites is 2. The zero-order chi connectivity index (χ0) is 24.1. The molecule has 0 bridgehead atoms. The number of fused-ring (bicyclic) bond motifs is 11. The first-order valence-electron chi connectivity index (χ1n) is 12.5. The van der Waals surface area contributed by atoms with E-state index in [1.165, 1.54) is 32.4 Å². The topological polar surface area (TPSA) is 31.2 Å². The van der Waals surface area contributed by atoms with Crippen LogP contribution in [0.5, 0.6) is 0 Å². The van der Waals surface area contributed by atoms with Gasteiger partial charge in [-0.25, -0.2) is 0 Å². The second-order valence-electron chi connectivity index (χ2n) is 9.76. The quantitative estimate of drug-likeness (QED) is 0.238. The Morgan fingerprint density at radius 2 is 1.14 bits per heavy atom. The van der Waals surface area contributed by atoms with Gasteiger partial charge in [0.2, 0.25) is 0 Å². The lowest BCUT2D eigenvalue weighted by Crippen LogP contribution is -1.93. The second kappa shape index (κ2) is 6.80. The van der Waals surface area contributed by atoms with Crippen LogP contribution < -0.4 is 0 Å². The maximum Gasteiger partial charge on any atom is 0.137 e. The molecule has 0 fully saturated rings. The van der Waals surface area contributed by atoms with Gasteiger partial charge in [0, 0.05) is 44.1 Å². The van der Waals surface area contributed by atoms with E-state index in [1.807, 2.05) is 12.1 Å². The Labute approximate surface area is 210 Å². The van der Waals surface area contributed by atoms with Crippen LogP contribution in [0.25, 0.3) is 82.1 Å². The normalized spacial score (nSPS) is 12.3. The first-order chi connectivity index (χ1) is 18.3. The van der Waals surface area contributed by atoms with Crippen molar-refractivity contribution in [2.24, 2.45) is 0 Å². The van der Waals surface area contributed by atoms with Gasteiger partial charge in [0.1, 0.15) is 22.3 Å². The maximum absolute atomic E-state index is 6.44. The van der Waals surface area contributed by atoms with Crippen molar-refractivity contribution in [3.63, 3.8) is 0 Å². The monoisotopic (exact) mass is 473 g/mol. The molecule has 0 unspecified atom stereocenters. The van der Waals surface area contributed by atoms with E-state index in [0.717, 1.165) is 49.7 Å². The molecule has 0 N–H and O–H groups in total. The minimum absolute atomic E-state index is 0.900. The molecule has 0 aliphatic heterocycles. The molecule has 3 heterocycles. The van der Waals surface area contributed by atoms with Gasteiger partial charge in [0.25, 0.3) is 0 Å². The molecule has 0 radical (unpaired) electrons. The third-order valence-corrected chi connectivity index (χ3v) is 7.77. The lowest BCUT2D eigenvalue weighted by atomic mass is 10.0. The van der Waals surface area contributed by atoms with Crippen LogP contribution in [0.2, 0.25) is 0 Å². The number of hydrogen-bond acceptors (Lipinski definition) is 2. The minimum atomic E-state index is 0.900. The van der Waals surface area contributed by atoms with E-state index in [0.29, 0.717) is 0 Å². The van der Waals surface area contributed by atoms with E-state index < -0.39 is 0 Å². The van der Waals surface area contributed by atoms with Crippen LogP contribution in [-0.4, -0.2) is 4.57 Å². The van der Waals surface area contributed by atoms with Gasteiger partial charge in [-0.3, -0.25) is 0 Å². The molecule has 3 nitrogen and oxygen atoms in total. The highest BCUT2D eigenvalue weighted by molar-refractivity contribution is 6.23. The van der Waals surface area contributed by atoms with E-state index >= 15 is 0 Å². The van der Waals surface area contributed by atoms with Gasteiger partial charge in [-0.2, -0.15) is 0 Å². The maximum atomic E-state index is 6.44. The van der Waals surface area contributed by atoms with E-state index in [9.17, 15) is 0 Å². The summed E-state index contributed by atoms with van der Waals surface area (Å²) in [4.78, 5) is 0. The summed E-state index contributed by atoms with van der Waals surface area (Å²) in [6.45, 7) is 0. The van der Waals surface area contributed by atoms with Gasteiger partial charge in [-0.15, -0.1) is 0 Å². The molecule has 172 valence electrons. The smallest absolute Gasteiger partial charge is 0.137 e. The molecule has 9 rings (SSSR count). The molecule has 0 atom stereocenters. The van der Waals surface area contributed by atoms with Crippen LogP contribution in [0.1, 0.15) is 0 Å². The summed E-state index contributed by atoms with van der Waals surface area (Å²) >= 11 is 0. The molecule has 37 heavy (non-hydrogen) atoms. The highest BCUT2D eigenvalue weighted by Gasteiger charge is 2.18. The van der Waals surface area contributed by atoms with Gasteiger partial charge in [0.15, 0.2) is 0 Å². The summed E-state index contributed by atoms with van der Waals surface area (Å²) in [6, 6.07) is 40.6. The lowest BCUT2D eigenvalue weighted by Gasteiger charge is -2.08. The highest BCUT2D eigenvalue weighted by Crippen LogP contribution is 2.41. The number of hydrogen-bond donors (Lipinski definition) is 0. The summed E-state index contributed by atoms with van der Waals surface area (Å²) in [7, 11) is 0. The Hall–Kier alpha value is -5.02. The summed E-state index contributed by atoms with van der Waals surface area (Å²) in [5, 5.41) is 9.47. The largest absolute Gasteiger partial charge is 0.456 e. The van der Waals surface area contributed by atoms with E-state index in [1.54, 1.807) is 0 Å². The van der Waals surface area contributed by atoms with Crippen molar-refractivity contribution in [3.05, 3.63) is 115 Å². The van der Waals surface area contributed by atoms with Crippen molar-refractivity contribution in [2.75, 3.05) is 0 Å². The molecular formula is C34H19NO2. The predicted octanol–water partition coefficient (Wildman–Crippen LogP) is 9.74. The third kappa shape index (κ3) is 2.50. The summed E-state index contributed by atoms with van der Waals surface area (Å²) < 4.78 is 14.9. The number of benzene rings is 6. The number of nitrogens with zero attached hydrogens (tertiary/aromatic N) is 1. The summed E-state index contributed by atoms with van der Waals surface area (Å²) in [5.74, 6) is 0. The molecule has 0 spiro atoms. The van der Waals surface area contributed by atoms with Crippen LogP contribution in [0.15, 0.2) is 124 Å². The van der Waals surface area contributed by atoms with Crippen molar-refractivity contribution in [1.29, 1.82) is 0 Å². The van der Waals surface area contributed by atoms with E-state index in [2.05, 4.69) is 108 Å². The summed E-state index contributed by atoms with van der Waals surface area (Å²) in [5.41, 5.74) is 7.04. The van der Waals surface area contributed by atoms with Crippen LogP contribution in [0.4, 0.5) is 0 Å². The number of rotatable bonds is 1. The molecule has 3 heteroatoms. The molecule has 0 aliphatic rings. The van der Waals surface area contributed by atoms with Gasteiger partial charge in [-0.1, -0.05) is 66.7 Å². The van der Waals surface area contributed by atoms with Gasteiger partial charge in [-0.05, 0) is 53.2 Å². The Morgan fingerprint density at radius 3 is 2.08 bits per heavy atom. The van der Waals surface area contributed by atoms with Crippen molar-refractivity contribution in [2.45, 2.75) is 0 Å². The Balaban J connectivity index is 1.42. The fraction of sp³-hybridized carbons (Fsp3) is 0. The lowest BCUT2D eigenvalue weighted by molar-refractivity contribution is 0.668. The average molecular weight is 474 g/mol. The highest BCUT2D eigenvalue weighted by atomic mass is 16.3. The van der Waals surface area contributed by atoms with Crippen LogP contribution in [0, 0.1) is 0 Å². The fourth-order valence-electron chi connectivity index (χ4n) is 6.14. The zero-order valence-corrected chi connectivity index (χ0v) is 19.7. The van der Waals surface area contributed by atoms with Gasteiger partial charge >= 0.3 is 0 Å². The fourth-order valence-corrected chi connectivity index (χ4v) is 6.14. The van der Waals surface area contributed by atoms with Crippen LogP contribution >= 0.6 is 0 Å². The van der Waals surface area contributed by atoms with Crippen LogP contribution in [0.3, 0.4) is 0 Å². The average Bonchev–Trinajstić information content (AvgIpc) is 3.60. The molecule has 0 aliphatic carbocycles. The zero-order valence-electron chi connectivity index (χ0n) is 19.7. The molecule has 3 aromatic heterocycles. The first-order valence-corrected chi connectivity index (χ1v) is 12.5. The van der Waals surface area contributed by atoms with E-state index in [4.69, 9.17) is 8.83 Å². The number of furan rings is 2. The minimum Gasteiger partial charge on any atom is -0.456 e. The van der Waals surface area contributed by atoms with Gasteiger partial charge < -0.3 is 13.4 Å². The second-order valence-corrected chi connectivity index (χ2v) is 9.76. The first kappa shape index (κ1) is 19.2. The third-order valence-electron chi connectivity index (χ3n) is 7.77. The van der Waals surface area contributed by atoms with Crippen molar-refractivity contribution >= 4 is 76.5 Å². The van der Waals surface area contributed by atoms with Crippen molar-refractivity contribution in [3.8, 4) is 5.69 Å². The molecule has 0 saturated carbocycles. The Kier molecular flexibility index (Phi) is 3.53. The van der Waals surface area contributed by atoms with Gasteiger partial charge in [0.05, 0.1) is 11.0 Å². The van der Waals surface area contributed by atoms with Crippen LogP contribution in [-0.2, 0) is 0 Å². The SMILES string of the molecule is c1ccc2c(c1)ccc1oc3cc4c(cc3c12)c1ccccc1n4-c1ccc2oc3ccccc3c2c1. The summed E-state index contributed by atoms with van der Waals surface area (Å²) in [6.07, 6.45) is 0. The molecular weight excluding hydrogens is 454 g/mol. The Bertz CT molecular complexity index is 2360. The molecule has 0 amide bonds. The molecule has 9 aromatic rings. The van der Waals surface area contributed by atoms with Crippen molar-refractivity contribution in [1.82, 2.24) is 4.57 Å². The Morgan fingerprint density at radius 1 is 0.405 bits per heavy atom.